The average Bonchev–Trinajstić information content (AvgIpc) is 2.84. The lowest BCUT2D eigenvalue weighted by atomic mass is 10.00. The first-order valence-corrected chi connectivity index (χ1v) is 7.34. The number of piperazine rings is 1. The standard InChI is InChI=1S/C15H26N2O/c1-2-7-16-8-10-17(11-9-16)13-15(18)12-14-5-3-4-6-14/h1,14-15,18H,3-13H2/t15-/m0/s1. The van der Waals surface area contributed by atoms with Gasteiger partial charge in [-0.05, 0) is 12.3 Å². The topological polar surface area (TPSA) is 26.7 Å². The molecule has 102 valence electrons. The molecule has 3 heteroatoms. The number of nitrogens with zero attached hydrogens (tertiary/aromatic N) is 2. The van der Waals surface area contributed by atoms with Crippen molar-refractivity contribution in [2.75, 3.05) is 39.3 Å². The molecule has 1 atom stereocenters. The van der Waals surface area contributed by atoms with Crippen LogP contribution in [0.2, 0.25) is 0 Å². The van der Waals surface area contributed by atoms with E-state index >= 15 is 0 Å². The summed E-state index contributed by atoms with van der Waals surface area (Å²) >= 11 is 0. The summed E-state index contributed by atoms with van der Waals surface area (Å²) in [6, 6.07) is 0. The van der Waals surface area contributed by atoms with E-state index in [0.717, 1.165) is 51.6 Å². The first-order valence-electron chi connectivity index (χ1n) is 7.34. The Hall–Kier alpha value is -0.560. The fourth-order valence-electron chi connectivity index (χ4n) is 3.26. The maximum absolute atomic E-state index is 10.1. The Morgan fingerprint density at radius 3 is 2.33 bits per heavy atom. The van der Waals surface area contributed by atoms with Gasteiger partial charge in [0.25, 0.3) is 0 Å². The molecule has 1 saturated carbocycles. The summed E-state index contributed by atoms with van der Waals surface area (Å²) in [5.41, 5.74) is 0. The lowest BCUT2D eigenvalue weighted by Crippen LogP contribution is -2.48. The number of aliphatic hydroxyl groups is 1. The van der Waals surface area contributed by atoms with Crippen molar-refractivity contribution in [1.29, 1.82) is 0 Å². The molecule has 0 radical (unpaired) electrons. The van der Waals surface area contributed by atoms with Crippen molar-refractivity contribution in [1.82, 2.24) is 9.80 Å². The molecule has 0 bridgehead atoms. The van der Waals surface area contributed by atoms with Crippen LogP contribution in [0, 0.1) is 18.3 Å². The molecule has 0 aromatic heterocycles. The summed E-state index contributed by atoms with van der Waals surface area (Å²) in [6.07, 6.45) is 11.6. The smallest absolute Gasteiger partial charge is 0.0669 e. The highest BCUT2D eigenvalue weighted by Crippen LogP contribution is 2.28. The van der Waals surface area contributed by atoms with Crippen LogP contribution < -0.4 is 0 Å². The molecule has 1 aliphatic heterocycles. The lowest BCUT2D eigenvalue weighted by molar-refractivity contribution is 0.0638. The minimum absolute atomic E-state index is 0.132. The third-order valence-corrected chi connectivity index (χ3v) is 4.33. The molecule has 2 fully saturated rings. The van der Waals surface area contributed by atoms with Crippen LogP contribution in [0.1, 0.15) is 32.1 Å². The van der Waals surface area contributed by atoms with Crippen LogP contribution in [0.5, 0.6) is 0 Å². The van der Waals surface area contributed by atoms with Crippen LogP contribution >= 0.6 is 0 Å². The van der Waals surface area contributed by atoms with Gasteiger partial charge in [-0.1, -0.05) is 31.6 Å². The molecule has 2 rings (SSSR count). The summed E-state index contributed by atoms with van der Waals surface area (Å²) in [6.45, 7) is 5.78. The summed E-state index contributed by atoms with van der Waals surface area (Å²) in [5, 5.41) is 10.1. The quantitative estimate of drug-likeness (QED) is 0.742. The Labute approximate surface area is 111 Å². The maximum atomic E-state index is 10.1. The maximum Gasteiger partial charge on any atom is 0.0669 e. The van der Waals surface area contributed by atoms with E-state index < -0.39 is 0 Å². The molecule has 0 amide bonds. The van der Waals surface area contributed by atoms with Gasteiger partial charge in [0, 0.05) is 32.7 Å². The highest BCUT2D eigenvalue weighted by molar-refractivity contribution is 4.90. The molecule has 1 aliphatic carbocycles. The zero-order valence-electron chi connectivity index (χ0n) is 11.4. The van der Waals surface area contributed by atoms with Crippen LogP contribution in [0.3, 0.4) is 0 Å². The van der Waals surface area contributed by atoms with Gasteiger partial charge in [-0.3, -0.25) is 9.80 Å². The van der Waals surface area contributed by atoms with Crippen molar-refractivity contribution in [3.05, 3.63) is 0 Å². The zero-order chi connectivity index (χ0) is 12.8. The first-order chi connectivity index (χ1) is 8.78. The van der Waals surface area contributed by atoms with Crippen LogP contribution in [-0.2, 0) is 0 Å². The van der Waals surface area contributed by atoms with E-state index in [1.165, 1.54) is 25.7 Å². The number of rotatable bonds is 5. The minimum atomic E-state index is -0.132. The van der Waals surface area contributed by atoms with Gasteiger partial charge in [-0.15, -0.1) is 6.42 Å². The second-order valence-corrected chi connectivity index (χ2v) is 5.82. The fraction of sp³-hybridized carbons (Fsp3) is 0.867. The Balaban J connectivity index is 1.63. The molecule has 3 nitrogen and oxygen atoms in total. The van der Waals surface area contributed by atoms with Gasteiger partial charge in [0.05, 0.1) is 12.6 Å². The fourth-order valence-corrected chi connectivity index (χ4v) is 3.26. The van der Waals surface area contributed by atoms with Gasteiger partial charge in [-0.2, -0.15) is 0 Å². The van der Waals surface area contributed by atoms with E-state index in [1.54, 1.807) is 0 Å². The van der Waals surface area contributed by atoms with Gasteiger partial charge in [0.2, 0.25) is 0 Å². The molecule has 0 aromatic carbocycles. The van der Waals surface area contributed by atoms with E-state index in [1.807, 2.05) is 0 Å². The second-order valence-electron chi connectivity index (χ2n) is 5.82. The summed E-state index contributed by atoms with van der Waals surface area (Å²) < 4.78 is 0. The number of β-amino-alcohol motifs (C(OH)–C–C–N with tert-alkyl or cyclic N) is 1. The normalized spacial score (nSPS) is 25.1. The zero-order valence-corrected chi connectivity index (χ0v) is 11.4. The molecular weight excluding hydrogens is 224 g/mol. The van der Waals surface area contributed by atoms with Crippen molar-refractivity contribution < 1.29 is 5.11 Å². The van der Waals surface area contributed by atoms with Gasteiger partial charge in [-0.25, -0.2) is 0 Å². The SMILES string of the molecule is C#CCN1CCN(C[C@@H](O)CC2CCCC2)CC1. The van der Waals surface area contributed by atoms with Crippen molar-refractivity contribution in [3.63, 3.8) is 0 Å². The molecule has 2 aliphatic rings. The average molecular weight is 250 g/mol. The highest BCUT2D eigenvalue weighted by atomic mass is 16.3. The van der Waals surface area contributed by atoms with E-state index in [-0.39, 0.29) is 6.10 Å². The Kier molecular flexibility index (Phi) is 5.49. The molecule has 1 saturated heterocycles. The van der Waals surface area contributed by atoms with E-state index in [0.29, 0.717) is 0 Å². The predicted molar refractivity (Wildman–Crippen MR) is 74.3 cm³/mol. The van der Waals surface area contributed by atoms with Crippen molar-refractivity contribution in [2.45, 2.75) is 38.2 Å². The van der Waals surface area contributed by atoms with Crippen LogP contribution in [0.25, 0.3) is 0 Å². The second kappa shape index (κ2) is 7.13. The minimum Gasteiger partial charge on any atom is -0.392 e. The van der Waals surface area contributed by atoms with Gasteiger partial charge >= 0.3 is 0 Å². The van der Waals surface area contributed by atoms with Crippen LogP contribution in [0.4, 0.5) is 0 Å². The molecule has 0 unspecified atom stereocenters. The number of terminal acetylenes is 1. The molecular formula is C15H26N2O. The monoisotopic (exact) mass is 250 g/mol. The molecule has 18 heavy (non-hydrogen) atoms. The third kappa shape index (κ3) is 4.28. The third-order valence-electron chi connectivity index (χ3n) is 4.33. The molecule has 0 aromatic rings. The van der Waals surface area contributed by atoms with Gasteiger partial charge < -0.3 is 5.11 Å². The largest absolute Gasteiger partial charge is 0.392 e. The Bertz CT molecular complexity index is 273. The summed E-state index contributed by atoms with van der Waals surface area (Å²) in [7, 11) is 0. The van der Waals surface area contributed by atoms with E-state index in [2.05, 4.69) is 15.7 Å². The van der Waals surface area contributed by atoms with Crippen LogP contribution in [-0.4, -0.2) is 60.3 Å². The van der Waals surface area contributed by atoms with E-state index in [9.17, 15) is 5.11 Å². The van der Waals surface area contributed by atoms with Gasteiger partial charge in [0.15, 0.2) is 0 Å². The predicted octanol–water partition coefficient (Wildman–Crippen LogP) is 1.18. The van der Waals surface area contributed by atoms with E-state index in [4.69, 9.17) is 6.42 Å². The van der Waals surface area contributed by atoms with Crippen molar-refractivity contribution in [3.8, 4) is 12.3 Å². The van der Waals surface area contributed by atoms with Crippen molar-refractivity contribution >= 4 is 0 Å². The van der Waals surface area contributed by atoms with Crippen LogP contribution in [0.15, 0.2) is 0 Å². The molecule has 1 heterocycles. The first kappa shape index (κ1) is 13.9. The van der Waals surface area contributed by atoms with Gasteiger partial charge in [0.1, 0.15) is 0 Å². The summed E-state index contributed by atoms with van der Waals surface area (Å²) in [4.78, 5) is 4.69. The molecule has 0 spiro atoms. The highest BCUT2D eigenvalue weighted by Gasteiger charge is 2.22. The molecule has 1 N–H and O–H groups in total. The summed E-state index contributed by atoms with van der Waals surface area (Å²) in [5.74, 6) is 3.48. The van der Waals surface area contributed by atoms with Crippen molar-refractivity contribution in [2.24, 2.45) is 5.92 Å². The number of aliphatic hydroxyl groups excluding tert-OH is 1. The number of hydrogen-bond acceptors (Lipinski definition) is 3. The Morgan fingerprint density at radius 2 is 1.72 bits per heavy atom. The number of hydrogen-bond donors (Lipinski definition) is 1. The lowest BCUT2D eigenvalue weighted by Gasteiger charge is -2.35. The Morgan fingerprint density at radius 1 is 1.11 bits per heavy atom.